The lowest BCUT2D eigenvalue weighted by atomic mass is 10.2. The number of Topliss-reactive ketones (excluding diaryl/α,β-unsaturated/α-hetero) is 1. The Morgan fingerprint density at radius 3 is 2.43 bits per heavy atom. The Labute approximate surface area is 122 Å². The second-order valence-electron chi connectivity index (χ2n) is 3.81. The molecule has 1 rings (SSSR count). The lowest BCUT2D eigenvalue weighted by Gasteiger charge is -2.12. The normalized spacial score (nSPS) is 10.3. The smallest absolute Gasteiger partial charge is 0.330 e. The van der Waals surface area contributed by atoms with Gasteiger partial charge in [-0.1, -0.05) is 6.08 Å². The van der Waals surface area contributed by atoms with Crippen molar-refractivity contribution in [1.82, 2.24) is 9.97 Å². The summed E-state index contributed by atoms with van der Waals surface area (Å²) in [6, 6.07) is 0.0660. The van der Waals surface area contributed by atoms with Crippen LogP contribution in [-0.2, 0) is 9.53 Å². The third-order valence-electron chi connectivity index (χ3n) is 2.43. The molecule has 0 radical (unpaired) electrons. The van der Waals surface area contributed by atoms with Crippen LogP contribution in [0.1, 0.15) is 17.3 Å². The van der Waals surface area contributed by atoms with E-state index < -0.39 is 5.97 Å². The van der Waals surface area contributed by atoms with Crippen LogP contribution in [0.25, 0.3) is 0 Å². The molecule has 0 bridgehead atoms. The Morgan fingerprint density at radius 1 is 1.19 bits per heavy atom. The van der Waals surface area contributed by atoms with Crippen LogP contribution in [0, 0.1) is 0 Å². The zero-order valence-corrected chi connectivity index (χ0v) is 12.3. The van der Waals surface area contributed by atoms with Crippen LogP contribution in [-0.4, -0.2) is 49.6 Å². The first-order chi connectivity index (χ1) is 10.0. The maximum absolute atomic E-state index is 11.7. The van der Waals surface area contributed by atoms with Gasteiger partial charge in [-0.15, -0.1) is 0 Å². The minimum absolute atomic E-state index is 0.0660. The summed E-state index contributed by atoms with van der Waals surface area (Å²) in [6.45, 7) is 1.64. The number of carbonyl (C=O) groups is 2. The monoisotopic (exact) mass is 295 g/mol. The second kappa shape index (κ2) is 7.83. The summed E-state index contributed by atoms with van der Waals surface area (Å²) in [4.78, 5) is 30.7. The Balaban J connectivity index is 3.00. The van der Waals surface area contributed by atoms with Crippen molar-refractivity contribution in [2.75, 3.05) is 33.2 Å². The van der Waals surface area contributed by atoms with Gasteiger partial charge >= 0.3 is 12.0 Å². The predicted molar refractivity (Wildman–Crippen MR) is 74.8 cm³/mol. The zero-order chi connectivity index (χ0) is 15.8. The zero-order valence-electron chi connectivity index (χ0n) is 12.3. The number of aromatic nitrogens is 2. The highest BCUT2D eigenvalue weighted by Gasteiger charge is 2.19. The minimum Gasteiger partial charge on any atom is -0.480 e. The number of esters is 1. The Bertz CT molecular complexity index is 557. The highest BCUT2D eigenvalue weighted by Crippen LogP contribution is 2.25. The average Bonchev–Trinajstić information content (AvgIpc) is 2.49. The number of hydrogen-bond acceptors (Lipinski definition) is 8. The SMILES string of the molecule is COC(=O)/C=C/CNc1nc(OC)nc(OC)c1C(C)=O. The molecule has 0 aliphatic heterocycles. The molecule has 1 aromatic rings. The lowest BCUT2D eigenvalue weighted by molar-refractivity contribution is -0.134. The molecule has 0 aliphatic rings. The van der Waals surface area contributed by atoms with Crippen LogP contribution in [0.5, 0.6) is 11.9 Å². The number of methoxy groups -OCH3 is 3. The van der Waals surface area contributed by atoms with Crippen molar-refractivity contribution in [2.24, 2.45) is 0 Å². The molecule has 8 nitrogen and oxygen atoms in total. The van der Waals surface area contributed by atoms with Crippen LogP contribution in [0.15, 0.2) is 12.2 Å². The van der Waals surface area contributed by atoms with Gasteiger partial charge in [0.15, 0.2) is 5.78 Å². The van der Waals surface area contributed by atoms with Gasteiger partial charge in [-0.25, -0.2) is 4.79 Å². The third kappa shape index (κ3) is 4.44. The number of ether oxygens (including phenoxy) is 3. The van der Waals surface area contributed by atoms with Gasteiger partial charge in [0, 0.05) is 12.6 Å². The van der Waals surface area contributed by atoms with Gasteiger partial charge in [0.2, 0.25) is 5.88 Å². The maximum Gasteiger partial charge on any atom is 0.330 e. The summed E-state index contributed by atoms with van der Waals surface area (Å²) < 4.78 is 14.5. The number of anilines is 1. The summed E-state index contributed by atoms with van der Waals surface area (Å²) in [5, 5.41) is 2.90. The van der Waals surface area contributed by atoms with Gasteiger partial charge in [-0.3, -0.25) is 4.79 Å². The third-order valence-corrected chi connectivity index (χ3v) is 2.43. The van der Waals surface area contributed by atoms with E-state index >= 15 is 0 Å². The highest BCUT2D eigenvalue weighted by molar-refractivity contribution is 6.01. The summed E-state index contributed by atoms with van der Waals surface area (Å²) in [5.74, 6) is -0.343. The molecule has 1 heterocycles. The molecule has 114 valence electrons. The lowest BCUT2D eigenvalue weighted by Crippen LogP contribution is -2.11. The van der Waals surface area contributed by atoms with E-state index in [1.165, 1.54) is 40.4 Å². The summed E-state index contributed by atoms with van der Waals surface area (Å²) >= 11 is 0. The molecular formula is C13H17N3O5. The summed E-state index contributed by atoms with van der Waals surface area (Å²) in [5.41, 5.74) is 0.213. The molecule has 0 amide bonds. The number of hydrogen-bond donors (Lipinski definition) is 1. The molecule has 8 heteroatoms. The standard InChI is InChI=1S/C13H17N3O5/c1-8(17)10-11(14-7-5-6-9(18)19-2)15-13(21-4)16-12(10)20-3/h5-6H,7H2,1-4H3,(H,14,15,16)/b6-5+. The van der Waals surface area contributed by atoms with Gasteiger partial charge in [0.05, 0.1) is 21.3 Å². The minimum atomic E-state index is -0.471. The van der Waals surface area contributed by atoms with Crippen LogP contribution in [0.3, 0.4) is 0 Å². The van der Waals surface area contributed by atoms with E-state index in [2.05, 4.69) is 20.0 Å². The molecular weight excluding hydrogens is 278 g/mol. The molecule has 0 saturated heterocycles. The Morgan fingerprint density at radius 2 is 1.90 bits per heavy atom. The molecule has 0 spiro atoms. The van der Waals surface area contributed by atoms with Crippen LogP contribution >= 0.6 is 0 Å². The van der Waals surface area contributed by atoms with Crippen molar-refractivity contribution < 1.29 is 23.8 Å². The van der Waals surface area contributed by atoms with E-state index in [0.717, 1.165) is 0 Å². The molecule has 0 aromatic carbocycles. The average molecular weight is 295 g/mol. The fourth-order valence-corrected chi connectivity index (χ4v) is 1.48. The fourth-order valence-electron chi connectivity index (χ4n) is 1.48. The molecule has 0 atom stereocenters. The molecule has 0 aliphatic carbocycles. The number of nitrogens with zero attached hydrogens (tertiary/aromatic N) is 2. The fraction of sp³-hybridized carbons (Fsp3) is 0.385. The number of nitrogens with one attached hydrogen (secondary N) is 1. The molecule has 0 fully saturated rings. The van der Waals surface area contributed by atoms with Crippen molar-refractivity contribution in [1.29, 1.82) is 0 Å². The molecule has 0 unspecified atom stereocenters. The van der Waals surface area contributed by atoms with Gasteiger partial charge in [-0.05, 0) is 6.92 Å². The van der Waals surface area contributed by atoms with E-state index in [9.17, 15) is 9.59 Å². The van der Waals surface area contributed by atoms with Crippen molar-refractivity contribution in [2.45, 2.75) is 6.92 Å². The van der Waals surface area contributed by atoms with E-state index in [1.807, 2.05) is 0 Å². The van der Waals surface area contributed by atoms with Gasteiger partial charge < -0.3 is 19.5 Å². The van der Waals surface area contributed by atoms with Crippen LogP contribution in [0.2, 0.25) is 0 Å². The van der Waals surface area contributed by atoms with E-state index in [4.69, 9.17) is 9.47 Å². The van der Waals surface area contributed by atoms with Crippen LogP contribution < -0.4 is 14.8 Å². The van der Waals surface area contributed by atoms with E-state index in [1.54, 1.807) is 0 Å². The largest absolute Gasteiger partial charge is 0.480 e. The van der Waals surface area contributed by atoms with Crippen molar-refractivity contribution in [3.05, 3.63) is 17.7 Å². The molecule has 0 saturated carbocycles. The van der Waals surface area contributed by atoms with Crippen molar-refractivity contribution >= 4 is 17.6 Å². The molecule has 1 N–H and O–H groups in total. The van der Waals surface area contributed by atoms with Crippen LogP contribution in [0.4, 0.5) is 5.82 Å². The first kappa shape index (κ1) is 16.4. The molecule has 21 heavy (non-hydrogen) atoms. The Hall–Kier alpha value is -2.64. The second-order valence-corrected chi connectivity index (χ2v) is 3.81. The summed E-state index contributed by atoms with van der Waals surface area (Å²) in [7, 11) is 4.09. The molecule has 1 aromatic heterocycles. The first-order valence-electron chi connectivity index (χ1n) is 6.02. The first-order valence-corrected chi connectivity index (χ1v) is 6.02. The van der Waals surface area contributed by atoms with E-state index in [0.29, 0.717) is 0 Å². The maximum atomic E-state index is 11.7. The van der Waals surface area contributed by atoms with Gasteiger partial charge in [-0.2, -0.15) is 9.97 Å². The Kier molecular flexibility index (Phi) is 6.12. The van der Waals surface area contributed by atoms with Crippen molar-refractivity contribution in [3.8, 4) is 11.9 Å². The highest BCUT2D eigenvalue weighted by atomic mass is 16.5. The number of ketones is 1. The van der Waals surface area contributed by atoms with E-state index in [-0.39, 0.29) is 35.6 Å². The summed E-state index contributed by atoms with van der Waals surface area (Å²) in [6.07, 6.45) is 2.80. The van der Waals surface area contributed by atoms with Crippen molar-refractivity contribution in [3.63, 3.8) is 0 Å². The quantitative estimate of drug-likeness (QED) is 0.449. The van der Waals surface area contributed by atoms with Gasteiger partial charge in [0.1, 0.15) is 11.4 Å². The predicted octanol–water partition coefficient (Wildman–Crippen LogP) is 0.838. The topological polar surface area (TPSA) is 99.6 Å². The number of rotatable bonds is 7. The van der Waals surface area contributed by atoms with Gasteiger partial charge in [0.25, 0.3) is 0 Å². The number of carbonyl (C=O) groups excluding carboxylic acids is 2.